The highest BCUT2D eigenvalue weighted by Crippen LogP contribution is 2.59. The van der Waals surface area contributed by atoms with Crippen LogP contribution in [0.1, 0.15) is 56.9 Å². The van der Waals surface area contributed by atoms with E-state index in [-0.39, 0.29) is 16.8 Å². The fraction of sp³-hybridized carbons (Fsp3) is 0.652. The summed E-state index contributed by atoms with van der Waals surface area (Å²) in [4.78, 5) is 15.4. The summed E-state index contributed by atoms with van der Waals surface area (Å²) in [5, 5.41) is 3.29. The van der Waals surface area contributed by atoms with Crippen molar-refractivity contribution in [1.82, 2.24) is 10.2 Å². The molecule has 1 aromatic carbocycles. The molecular formula is C23H29N3O3S. The molecule has 4 bridgehead atoms. The van der Waals surface area contributed by atoms with Crippen molar-refractivity contribution in [3.8, 4) is 0 Å². The first-order chi connectivity index (χ1) is 14.4. The Morgan fingerprint density at radius 1 is 1.10 bits per heavy atom. The molecule has 1 N–H and O–H groups in total. The first-order valence-corrected chi connectivity index (χ1v) is 12.9. The summed E-state index contributed by atoms with van der Waals surface area (Å²) in [6.45, 7) is 1.44. The van der Waals surface area contributed by atoms with E-state index in [4.69, 9.17) is 0 Å². The Morgan fingerprint density at radius 2 is 1.77 bits per heavy atom. The van der Waals surface area contributed by atoms with Crippen molar-refractivity contribution < 1.29 is 13.2 Å². The van der Waals surface area contributed by atoms with Gasteiger partial charge in [-0.05, 0) is 86.7 Å². The maximum atomic E-state index is 13.2. The Bertz CT molecular complexity index is 997. The van der Waals surface area contributed by atoms with Crippen LogP contribution in [0.15, 0.2) is 33.6 Å². The fourth-order valence-corrected chi connectivity index (χ4v) is 8.70. The van der Waals surface area contributed by atoms with Crippen molar-refractivity contribution >= 4 is 21.8 Å². The highest BCUT2D eigenvalue weighted by atomic mass is 32.2. The van der Waals surface area contributed by atoms with Crippen molar-refractivity contribution in [2.45, 2.75) is 62.3 Å². The van der Waals surface area contributed by atoms with Crippen LogP contribution < -0.4 is 5.32 Å². The van der Waals surface area contributed by atoms with Gasteiger partial charge < -0.3 is 10.2 Å². The molecule has 7 heteroatoms. The Kier molecular flexibility index (Phi) is 4.12. The van der Waals surface area contributed by atoms with E-state index >= 15 is 0 Å². The molecule has 1 saturated heterocycles. The lowest BCUT2D eigenvalue weighted by Gasteiger charge is -2.57. The smallest absolute Gasteiger partial charge is 0.285 e. The number of likely N-dealkylation sites (tertiary alicyclic amines) is 1. The van der Waals surface area contributed by atoms with Gasteiger partial charge in [-0.25, -0.2) is 0 Å². The molecule has 160 valence electrons. The van der Waals surface area contributed by atoms with Crippen LogP contribution in [-0.2, 0) is 14.8 Å². The molecule has 4 saturated carbocycles. The normalized spacial score (nSPS) is 37.9. The summed E-state index contributed by atoms with van der Waals surface area (Å²) in [5.74, 6) is 3.08. The summed E-state index contributed by atoms with van der Waals surface area (Å²) in [6.07, 6.45) is 9.63. The van der Waals surface area contributed by atoms with Crippen LogP contribution in [0, 0.1) is 23.2 Å². The number of carbonyl (C=O) groups excluding carboxylic acids is 1. The maximum absolute atomic E-state index is 13.2. The number of amides is 1. The molecule has 6 nitrogen and oxygen atoms in total. The first-order valence-electron chi connectivity index (χ1n) is 11.4. The Morgan fingerprint density at radius 3 is 2.47 bits per heavy atom. The number of amidine groups is 1. The van der Waals surface area contributed by atoms with E-state index in [0.717, 1.165) is 37.1 Å². The van der Waals surface area contributed by atoms with Gasteiger partial charge in [-0.1, -0.05) is 12.1 Å². The highest BCUT2D eigenvalue weighted by molar-refractivity contribution is 7.90. The number of rotatable bonds is 3. The second-order valence-electron chi connectivity index (χ2n) is 10.4. The minimum Gasteiger partial charge on any atom is -0.354 e. The number of hydrogen-bond donors (Lipinski definition) is 1. The van der Waals surface area contributed by atoms with E-state index < -0.39 is 10.0 Å². The highest BCUT2D eigenvalue weighted by Gasteiger charge is 2.51. The summed E-state index contributed by atoms with van der Waals surface area (Å²) in [7, 11) is -3.67. The van der Waals surface area contributed by atoms with Gasteiger partial charge in [0.1, 0.15) is 10.9 Å². The van der Waals surface area contributed by atoms with Crippen LogP contribution in [0.2, 0.25) is 0 Å². The van der Waals surface area contributed by atoms with Gasteiger partial charge in [-0.3, -0.25) is 4.79 Å². The van der Waals surface area contributed by atoms with Crippen LogP contribution in [-0.4, -0.2) is 44.2 Å². The molecular weight excluding hydrogens is 398 g/mol. The lowest BCUT2D eigenvalue weighted by Crippen LogP contribution is -2.53. The van der Waals surface area contributed by atoms with Crippen molar-refractivity contribution in [2.75, 3.05) is 13.1 Å². The third-order valence-electron chi connectivity index (χ3n) is 8.24. The molecule has 1 amide bonds. The second-order valence-corrected chi connectivity index (χ2v) is 11.9. The zero-order valence-corrected chi connectivity index (χ0v) is 18.0. The number of fused-ring (bicyclic) bond motifs is 1. The largest absolute Gasteiger partial charge is 0.354 e. The van der Waals surface area contributed by atoms with Crippen molar-refractivity contribution in [3.63, 3.8) is 0 Å². The molecule has 0 spiro atoms. The molecule has 30 heavy (non-hydrogen) atoms. The lowest BCUT2D eigenvalue weighted by atomic mass is 9.49. The SMILES string of the molecule is O=C(NCC12CC3CC(CC(C3)C1)C2)[C@@H]1CCCN1C1=NS(=O)(=O)c2ccccc21. The summed E-state index contributed by atoms with van der Waals surface area (Å²) >= 11 is 0. The molecule has 2 aliphatic heterocycles. The molecule has 5 fully saturated rings. The standard InChI is InChI=1S/C23H29N3O3S/c27-22(24-14-23-11-15-8-16(12-23)10-17(9-15)13-23)19-5-3-7-26(19)21-18-4-1-2-6-20(18)30(28,29)25-21/h1-2,4,6,15-17,19H,3,5,7-14H2,(H,24,27)/t15?,16?,17?,19-,23?/m0/s1. The topological polar surface area (TPSA) is 78.8 Å². The van der Waals surface area contributed by atoms with Crippen LogP contribution in [0.4, 0.5) is 0 Å². The summed E-state index contributed by atoms with van der Waals surface area (Å²) in [6, 6.07) is 6.60. The van der Waals surface area contributed by atoms with Gasteiger partial charge in [0.15, 0.2) is 5.84 Å². The number of benzene rings is 1. The van der Waals surface area contributed by atoms with E-state index in [1.54, 1.807) is 18.2 Å². The van der Waals surface area contributed by atoms with E-state index in [1.807, 2.05) is 11.0 Å². The average Bonchev–Trinajstić information content (AvgIpc) is 3.28. The minimum atomic E-state index is -3.67. The van der Waals surface area contributed by atoms with Crippen molar-refractivity contribution in [1.29, 1.82) is 0 Å². The van der Waals surface area contributed by atoms with Crippen LogP contribution in [0.25, 0.3) is 0 Å². The van der Waals surface area contributed by atoms with Crippen LogP contribution in [0.5, 0.6) is 0 Å². The van der Waals surface area contributed by atoms with Gasteiger partial charge in [0, 0.05) is 18.7 Å². The minimum absolute atomic E-state index is 0.0349. The van der Waals surface area contributed by atoms with Gasteiger partial charge in [-0.15, -0.1) is 4.40 Å². The molecule has 2 heterocycles. The van der Waals surface area contributed by atoms with E-state index in [0.29, 0.717) is 23.4 Å². The number of nitrogens with zero attached hydrogens (tertiary/aromatic N) is 2. The third-order valence-corrected chi connectivity index (χ3v) is 9.57. The van der Waals surface area contributed by atoms with Crippen molar-refractivity contribution in [3.05, 3.63) is 29.8 Å². The molecule has 6 aliphatic rings. The molecule has 4 aliphatic carbocycles. The van der Waals surface area contributed by atoms with E-state index in [1.165, 1.54) is 38.5 Å². The average molecular weight is 428 g/mol. The van der Waals surface area contributed by atoms with Gasteiger partial charge >= 0.3 is 0 Å². The third kappa shape index (κ3) is 2.92. The van der Waals surface area contributed by atoms with Gasteiger partial charge in [-0.2, -0.15) is 8.42 Å². The quantitative estimate of drug-likeness (QED) is 0.804. The molecule has 7 rings (SSSR count). The fourth-order valence-electron chi connectivity index (χ4n) is 7.49. The van der Waals surface area contributed by atoms with Crippen LogP contribution in [0.3, 0.4) is 0 Å². The maximum Gasteiger partial charge on any atom is 0.285 e. The summed E-state index contributed by atoms with van der Waals surface area (Å²) < 4.78 is 29.0. The zero-order chi connectivity index (χ0) is 20.5. The second kappa shape index (κ2) is 6.55. The molecule has 0 radical (unpaired) electrons. The Labute approximate surface area is 178 Å². The van der Waals surface area contributed by atoms with Crippen molar-refractivity contribution in [2.24, 2.45) is 27.6 Å². The lowest BCUT2D eigenvalue weighted by molar-refractivity contribution is -0.126. The summed E-state index contributed by atoms with van der Waals surface area (Å²) in [5.41, 5.74) is 0.924. The predicted molar refractivity (Wildman–Crippen MR) is 114 cm³/mol. The molecule has 0 aromatic heterocycles. The number of hydrogen-bond acceptors (Lipinski definition) is 4. The number of carbonyl (C=O) groups is 1. The van der Waals surface area contributed by atoms with Gasteiger partial charge in [0.05, 0.1) is 0 Å². The predicted octanol–water partition coefficient (Wildman–Crippen LogP) is 2.93. The van der Waals surface area contributed by atoms with Gasteiger partial charge in [0.2, 0.25) is 5.91 Å². The monoisotopic (exact) mass is 427 g/mol. The number of sulfonamides is 1. The van der Waals surface area contributed by atoms with E-state index in [2.05, 4.69) is 9.71 Å². The number of nitrogens with one attached hydrogen (secondary N) is 1. The first kappa shape index (κ1) is 18.8. The van der Waals surface area contributed by atoms with Gasteiger partial charge in [0.25, 0.3) is 10.0 Å². The molecule has 1 aromatic rings. The Balaban J connectivity index is 1.19. The van der Waals surface area contributed by atoms with Crippen LogP contribution >= 0.6 is 0 Å². The van der Waals surface area contributed by atoms with E-state index in [9.17, 15) is 13.2 Å². The molecule has 1 atom stereocenters. The Hall–Kier alpha value is -1.89. The molecule has 0 unspecified atom stereocenters. The zero-order valence-electron chi connectivity index (χ0n) is 17.2.